The summed E-state index contributed by atoms with van der Waals surface area (Å²) in [6, 6.07) is 11.7. The van der Waals surface area contributed by atoms with Gasteiger partial charge in [0.2, 0.25) is 5.91 Å². The molecule has 0 saturated heterocycles. The topological polar surface area (TPSA) is 44.4 Å². The van der Waals surface area contributed by atoms with Gasteiger partial charge in [-0.05, 0) is 72.0 Å². The SMILES string of the molecule is C[C@H]1C2=CNN(c3ccc(F)cc3)C2=CC2=C1[C@@H](C(=O)NCc1ccc(Cl)cc1Cl)CC2. The smallest absolute Gasteiger partial charge is 0.227 e. The van der Waals surface area contributed by atoms with E-state index in [1.807, 2.05) is 17.3 Å². The van der Waals surface area contributed by atoms with Crippen molar-refractivity contribution in [2.45, 2.75) is 26.3 Å². The molecule has 2 N–H and O–H groups in total. The van der Waals surface area contributed by atoms with Crippen LogP contribution in [0, 0.1) is 17.7 Å². The number of nitrogens with zero attached hydrogens (tertiary/aromatic N) is 1. The zero-order chi connectivity index (χ0) is 22.4. The van der Waals surface area contributed by atoms with Gasteiger partial charge in [0.1, 0.15) is 5.82 Å². The molecule has 0 unspecified atom stereocenters. The highest BCUT2D eigenvalue weighted by Crippen LogP contribution is 2.47. The van der Waals surface area contributed by atoms with E-state index in [2.05, 4.69) is 23.7 Å². The Labute approximate surface area is 196 Å². The van der Waals surface area contributed by atoms with Crippen LogP contribution in [0.5, 0.6) is 0 Å². The van der Waals surface area contributed by atoms with Crippen molar-refractivity contribution in [2.24, 2.45) is 11.8 Å². The van der Waals surface area contributed by atoms with Gasteiger partial charge in [-0.15, -0.1) is 0 Å². The number of hydrogen-bond donors (Lipinski definition) is 2. The lowest BCUT2D eigenvalue weighted by Gasteiger charge is -2.29. The number of anilines is 1. The Morgan fingerprint density at radius 2 is 2.00 bits per heavy atom. The highest BCUT2D eigenvalue weighted by atomic mass is 35.5. The summed E-state index contributed by atoms with van der Waals surface area (Å²) >= 11 is 12.2. The van der Waals surface area contributed by atoms with Gasteiger partial charge < -0.3 is 10.7 Å². The Kier molecular flexibility index (Phi) is 5.48. The van der Waals surface area contributed by atoms with Crippen molar-refractivity contribution in [1.82, 2.24) is 10.7 Å². The number of carbonyl (C=O) groups is 1. The number of hydrogen-bond acceptors (Lipinski definition) is 3. The van der Waals surface area contributed by atoms with Gasteiger partial charge in [0.05, 0.1) is 17.3 Å². The summed E-state index contributed by atoms with van der Waals surface area (Å²) in [6.07, 6.45) is 5.78. The van der Waals surface area contributed by atoms with Crippen LogP contribution in [0.2, 0.25) is 10.0 Å². The summed E-state index contributed by atoms with van der Waals surface area (Å²) in [5.41, 5.74) is 9.57. The van der Waals surface area contributed by atoms with Crippen LogP contribution in [0.1, 0.15) is 25.3 Å². The van der Waals surface area contributed by atoms with Crippen LogP contribution in [0.4, 0.5) is 10.1 Å². The Bertz CT molecular complexity index is 1190. The number of rotatable bonds is 4. The van der Waals surface area contributed by atoms with Crippen molar-refractivity contribution >= 4 is 34.8 Å². The summed E-state index contributed by atoms with van der Waals surface area (Å²) in [4.78, 5) is 13.1. The molecular weight excluding hydrogens is 448 g/mol. The molecule has 7 heteroatoms. The molecule has 164 valence electrons. The van der Waals surface area contributed by atoms with E-state index in [1.165, 1.54) is 23.3 Å². The van der Waals surface area contributed by atoms with E-state index in [1.54, 1.807) is 24.3 Å². The van der Waals surface area contributed by atoms with Gasteiger partial charge in [-0.3, -0.25) is 9.80 Å². The van der Waals surface area contributed by atoms with Crippen LogP contribution in [0.25, 0.3) is 0 Å². The van der Waals surface area contributed by atoms with Crippen molar-refractivity contribution < 1.29 is 9.18 Å². The quantitative estimate of drug-likeness (QED) is 0.585. The summed E-state index contributed by atoms with van der Waals surface area (Å²) in [7, 11) is 0. The van der Waals surface area contributed by atoms with Crippen molar-refractivity contribution in [3.63, 3.8) is 0 Å². The highest BCUT2D eigenvalue weighted by Gasteiger charge is 2.40. The number of nitrogens with one attached hydrogen (secondary N) is 2. The largest absolute Gasteiger partial charge is 0.351 e. The standard InChI is InChI=1S/C25H22Cl2FN3O/c1-14-21-13-30-31(19-7-5-18(28)6-8-19)23(21)10-15-3-9-20(24(14)15)25(32)29-12-16-2-4-17(26)11-22(16)27/h2,4-8,10-11,13-14,20,30H,3,9,12H2,1H3,(H,29,32)/t14-,20-/m0/s1. The minimum absolute atomic E-state index is 0.0201. The van der Waals surface area contributed by atoms with Gasteiger partial charge in [-0.25, -0.2) is 4.39 Å². The minimum Gasteiger partial charge on any atom is -0.351 e. The Morgan fingerprint density at radius 1 is 1.22 bits per heavy atom. The molecule has 5 rings (SSSR count). The van der Waals surface area contributed by atoms with E-state index in [9.17, 15) is 9.18 Å². The van der Waals surface area contributed by atoms with E-state index in [4.69, 9.17) is 23.2 Å². The summed E-state index contributed by atoms with van der Waals surface area (Å²) in [5.74, 6) is -0.293. The lowest BCUT2D eigenvalue weighted by Crippen LogP contribution is -2.33. The number of allylic oxidation sites excluding steroid dienone is 3. The number of fused-ring (bicyclic) bond motifs is 1. The first-order valence-corrected chi connectivity index (χ1v) is 11.4. The van der Waals surface area contributed by atoms with Crippen LogP contribution in [0.15, 0.2) is 77.2 Å². The second-order valence-electron chi connectivity index (χ2n) is 8.32. The molecule has 2 aromatic carbocycles. The minimum atomic E-state index is -0.262. The average Bonchev–Trinajstić information content (AvgIpc) is 3.39. The van der Waals surface area contributed by atoms with Crippen molar-refractivity contribution in [2.75, 3.05) is 5.01 Å². The molecule has 2 atom stereocenters. The van der Waals surface area contributed by atoms with Crippen LogP contribution in [0.3, 0.4) is 0 Å². The van der Waals surface area contributed by atoms with Crippen molar-refractivity contribution in [3.8, 4) is 0 Å². The van der Waals surface area contributed by atoms with E-state index >= 15 is 0 Å². The third-order valence-corrected chi connectivity index (χ3v) is 7.03. The molecule has 0 bridgehead atoms. The number of benzene rings is 2. The first-order chi connectivity index (χ1) is 15.4. The van der Waals surface area contributed by atoms with Crippen LogP contribution in [-0.4, -0.2) is 5.91 Å². The molecule has 0 radical (unpaired) electrons. The van der Waals surface area contributed by atoms with Gasteiger partial charge in [-0.1, -0.05) is 36.2 Å². The molecule has 0 aromatic heterocycles. The highest BCUT2D eigenvalue weighted by molar-refractivity contribution is 6.35. The summed E-state index contributed by atoms with van der Waals surface area (Å²) in [6.45, 7) is 2.51. The Hall–Kier alpha value is -2.76. The first kappa shape index (κ1) is 21.1. The second kappa shape index (κ2) is 8.30. The van der Waals surface area contributed by atoms with E-state index in [0.29, 0.717) is 16.6 Å². The molecule has 0 saturated carbocycles. The summed E-state index contributed by atoms with van der Waals surface area (Å²) < 4.78 is 13.3. The molecular formula is C25H22Cl2FN3O. The van der Waals surface area contributed by atoms with Gasteiger partial charge >= 0.3 is 0 Å². The third kappa shape index (κ3) is 3.70. The van der Waals surface area contributed by atoms with Gasteiger partial charge in [0.25, 0.3) is 0 Å². The molecule has 0 fully saturated rings. The lowest BCUT2D eigenvalue weighted by molar-refractivity contribution is -0.124. The average molecular weight is 470 g/mol. The zero-order valence-electron chi connectivity index (χ0n) is 17.5. The van der Waals surface area contributed by atoms with Gasteiger partial charge in [0.15, 0.2) is 0 Å². The van der Waals surface area contributed by atoms with E-state index < -0.39 is 0 Å². The number of hydrazine groups is 1. The molecule has 32 heavy (non-hydrogen) atoms. The molecule has 4 nitrogen and oxygen atoms in total. The predicted octanol–water partition coefficient (Wildman–Crippen LogP) is 5.90. The molecule has 3 aliphatic rings. The maximum absolute atomic E-state index is 13.3. The molecule has 1 heterocycles. The maximum atomic E-state index is 13.3. The molecule has 2 aromatic rings. The fourth-order valence-electron chi connectivity index (χ4n) is 4.84. The normalized spacial score (nSPS) is 21.6. The molecule has 2 aliphatic carbocycles. The van der Waals surface area contributed by atoms with Crippen molar-refractivity contribution in [1.29, 1.82) is 0 Å². The first-order valence-electron chi connectivity index (χ1n) is 10.6. The van der Waals surface area contributed by atoms with E-state index in [-0.39, 0.29) is 23.6 Å². The maximum Gasteiger partial charge on any atom is 0.227 e. The third-order valence-electron chi connectivity index (χ3n) is 6.45. The monoisotopic (exact) mass is 469 g/mol. The number of carbonyl (C=O) groups excluding carboxylic acids is 1. The fourth-order valence-corrected chi connectivity index (χ4v) is 5.31. The predicted molar refractivity (Wildman–Crippen MR) is 125 cm³/mol. The second-order valence-corrected chi connectivity index (χ2v) is 9.16. The molecule has 1 aliphatic heterocycles. The zero-order valence-corrected chi connectivity index (χ0v) is 19.0. The van der Waals surface area contributed by atoms with Crippen molar-refractivity contribution in [3.05, 3.63) is 98.6 Å². The Morgan fingerprint density at radius 3 is 2.75 bits per heavy atom. The van der Waals surface area contributed by atoms with Gasteiger partial charge in [-0.2, -0.15) is 0 Å². The lowest BCUT2D eigenvalue weighted by atomic mass is 9.80. The van der Waals surface area contributed by atoms with Gasteiger partial charge in [0, 0.05) is 34.3 Å². The van der Waals surface area contributed by atoms with Crippen LogP contribution in [-0.2, 0) is 11.3 Å². The molecule has 0 spiro atoms. The molecule has 1 amide bonds. The fraction of sp³-hybridized carbons (Fsp3) is 0.240. The summed E-state index contributed by atoms with van der Waals surface area (Å²) in [5, 5.41) is 6.13. The number of halogens is 3. The van der Waals surface area contributed by atoms with E-state index in [0.717, 1.165) is 35.4 Å². The van der Waals surface area contributed by atoms with Crippen LogP contribution >= 0.6 is 23.2 Å². The Balaban J connectivity index is 1.36. The number of amides is 1. The van der Waals surface area contributed by atoms with Crippen LogP contribution < -0.4 is 15.8 Å².